The van der Waals surface area contributed by atoms with Crippen LogP contribution in [0.3, 0.4) is 0 Å². The number of aliphatic carboxylic acids is 1. The number of carboxylic acids is 1. The molecular weight excluding hydrogens is 248 g/mol. The van der Waals surface area contributed by atoms with Gasteiger partial charge in [0.05, 0.1) is 0 Å². The van der Waals surface area contributed by atoms with Crippen LogP contribution in [0.2, 0.25) is 0 Å². The Morgan fingerprint density at radius 1 is 0.750 bits per heavy atom. The first-order valence-corrected chi connectivity index (χ1v) is 8.29. The molecule has 1 N–H and O–H groups in total. The molecule has 0 aromatic heterocycles. The average Bonchev–Trinajstić information content (AvgIpc) is 2.43. The van der Waals surface area contributed by atoms with Crippen molar-refractivity contribution in [1.29, 1.82) is 0 Å². The average molecular weight is 280 g/mol. The molecule has 0 atom stereocenters. The topological polar surface area (TPSA) is 37.3 Å². The fourth-order valence-electron chi connectivity index (χ4n) is 2.05. The monoisotopic (exact) mass is 280 g/mol. The highest BCUT2D eigenvalue weighted by atomic mass is 16.4. The molecule has 0 aliphatic carbocycles. The van der Waals surface area contributed by atoms with Crippen molar-refractivity contribution in [3.05, 3.63) is 24.3 Å². The van der Waals surface area contributed by atoms with Gasteiger partial charge in [0.1, 0.15) is 0 Å². The zero-order valence-corrected chi connectivity index (χ0v) is 13.2. The number of carboxylic acid groups (broad SMARTS) is 1. The summed E-state index contributed by atoms with van der Waals surface area (Å²) in [6.45, 7) is 2.24. The molecule has 0 aromatic rings. The number of unbranched alkanes of at least 4 members (excludes halogenated alkanes) is 8. The molecule has 2 nitrogen and oxygen atoms in total. The highest BCUT2D eigenvalue weighted by Crippen LogP contribution is 2.06. The lowest BCUT2D eigenvalue weighted by Crippen LogP contribution is -1.92. The normalized spacial score (nSPS) is 11.7. The van der Waals surface area contributed by atoms with Crippen molar-refractivity contribution in [1.82, 2.24) is 0 Å². The summed E-state index contributed by atoms with van der Waals surface area (Å²) < 4.78 is 0. The molecule has 0 saturated heterocycles. The van der Waals surface area contributed by atoms with Gasteiger partial charge >= 0.3 is 5.97 Å². The van der Waals surface area contributed by atoms with Gasteiger partial charge in [0.25, 0.3) is 0 Å². The Hall–Kier alpha value is -1.05. The van der Waals surface area contributed by atoms with Gasteiger partial charge in [0.15, 0.2) is 0 Å². The quantitative estimate of drug-likeness (QED) is 0.318. The minimum atomic E-state index is -0.684. The second-order valence-electron chi connectivity index (χ2n) is 5.36. The van der Waals surface area contributed by atoms with Crippen molar-refractivity contribution in [3.63, 3.8) is 0 Å². The summed E-state index contributed by atoms with van der Waals surface area (Å²) in [5, 5.41) is 8.49. The zero-order chi connectivity index (χ0) is 14.9. The Morgan fingerprint density at radius 2 is 1.15 bits per heavy atom. The molecule has 0 aliphatic rings. The molecule has 0 bridgehead atoms. The summed E-state index contributed by atoms with van der Waals surface area (Å²) in [7, 11) is 0. The molecule has 0 aromatic carbocycles. The Labute approximate surface area is 125 Å². The molecule has 0 amide bonds. The van der Waals surface area contributed by atoms with E-state index >= 15 is 0 Å². The summed E-state index contributed by atoms with van der Waals surface area (Å²) in [5.41, 5.74) is 0. The maximum atomic E-state index is 10.3. The number of hydrogen-bond acceptors (Lipinski definition) is 1. The third-order valence-corrected chi connectivity index (χ3v) is 3.31. The van der Waals surface area contributed by atoms with Crippen LogP contribution in [0, 0.1) is 0 Å². The van der Waals surface area contributed by atoms with Gasteiger partial charge in [0, 0.05) is 6.42 Å². The molecule has 0 aliphatic heterocycles. The minimum absolute atomic E-state index is 0.304. The summed E-state index contributed by atoms with van der Waals surface area (Å²) >= 11 is 0. The molecule has 0 unspecified atom stereocenters. The highest BCUT2D eigenvalue weighted by Gasteiger charge is 1.94. The third kappa shape index (κ3) is 16.9. The van der Waals surface area contributed by atoms with Gasteiger partial charge in [-0.15, -0.1) is 0 Å². The van der Waals surface area contributed by atoms with Crippen molar-refractivity contribution >= 4 is 5.97 Å². The fourth-order valence-corrected chi connectivity index (χ4v) is 2.05. The fraction of sp³-hybridized carbons (Fsp3) is 0.722. The first kappa shape index (κ1) is 18.9. The SMILES string of the molecule is CCCCC/C=C/CCCC/C=C\CCCCC(=O)O. The van der Waals surface area contributed by atoms with Crippen LogP contribution in [0.25, 0.3) is 0 Å². The van der Waals surface area contributed by atoms with Gasteiger partial charge in [-0.2, -0.15) is 0 Å². The molecule has 2 heteroatoms. The minimum Gasteiger partial charge on any atom is -0.481 e. The van der Waals surface area contributed by atoms with E-state index in [0.717, 1.165) is 25.7 Å². The van der Waals surface area contributed by atoms with Crippen molar-refractivity contribution in [3.8, 4) is 0 Å². The smallest absolute Gasteiger partial charge is 0.303 e. The van der Waals surface area contributed by atoms with Crippen LogP contribution in [-0.4, -0.2) is 11.1 Å². The Bertz CT molecular complexity index is 267. The Morgan fingerprint density at radius 3 is 1.55 bits per heavy atom. The van der Waals surface area contributed by atoms with E-state index in [1.807, 2.05) is 0 Å². The highest BCUT2D eigenvalue weighted by molar-refractivity contribution is 5.66. The van der Waals surface area contributed by atoms with E-state index in [1.54, 1.807) is 0 Å². The van der Waals surface area contributed by atoms with Crippen LogP contribution in [0.1, 0.15) is 84.0 Å². The second-order valence-corrected chi connectivity index (χ2v) is 5.36. The standard InChI is InChI=1S/C18H32O2/c1-2-3-4-5-6-7-8-9-10-11-12-13-14-15-16-17-18(19)20/h6-7,12-13H,2-5,8-11,14-17H2,1H3,(H,19,20)/b7-6+,13-12-. The van der Waals surface area contributed by atoms with Crippen molar-refractivity contribution in [2.75, 3.05) is 0 Å². The third-order valence-electron chi connectivity index (χ3n) is 3.31. The van der Waals surface area contributed by atoms with Gasteiger partial charge in [-0.25, -0.2) is 0 Å². The number of rotatable bonds is 14. The zero-order valence-electron chi connectivity index (χ0n) is 13.2. The molecule has 0 saturated carbocycles. The Kier molecular flexibility index (Phi) is 15.2. The number of carbonyl (C=O) groups is 1. The maximum absolute atomic E-state index is 10.3. The van der Waals surface area contributed by atoms with E-state index in [2.05, 4.69) is 31.2 Å². The largest absolute Gasteiger partial charge is 0.481 e. The molecule has 0 fully saturated rings. The number of hydrogen-bond donors (Lipinski definition) is 1. The van der Waals surface area contributed by atoms with E-state index in [-0.39, 0.29) is 0 Å². The molecule has 0 rings (SSSR count). The van der Waals surface area contributed by atoms with Crippen molar-refractivity contribution in [2.24, 2.45) is 0 Å². The molecule has 20 heavy (non-hydrogen) atoms. The van der Waals surface area contributed by atoms with E-state index in [0.29, 0.717) is 6.42 Å². The van der Waals surface area contributed by atoms with E-state index in [4.69, 9.17) is 5.11 Å². The summed E-state index contributed by atoms with van der Waals surface area (Å²) in [6, 6.07) is 0. The van der Waals surface area contributed by atoms with E-state index < -0.39 is 5.97 Å². The van der Waals surface area contributed by atoms with Gasteiger partial charge < -0.3 is 5.11 Å². The van der Waals surface area contributed by atoms with Crippen LogP contribution in [0.15, 0.2) is 24.3 Å². The molecule has 0 heterocycles. The van der Waals surface area contributed by atoms with E-state index in [1.165, 1.54) is 44.9 Å². The molecule has 0 radical (unpaired) electrons. The molecule has 116 valence electrons. The van der Waals surface area contributed by atoms with Crippen LogP contribution < -0.4 is 0 Å². The lowest BCUT2D eigenvalue weighted by molar-refractivity contribution is -0.137. The van der Waals surface area contributed by atoms with Crippen LogP contribution in [0.5, 0.6) is 0 Å². The maximum Gasteiger partial charge on any atom is 0.303 e. The van der Waals surface area contributed by atoms with E-state index in [9.17, 15) is 4.79 Å². The van der Waals surface area contributed by atoms with Crippen LogP contribution >= 0.6 is 0 Å². The first-order chi connectivity index (χ1) is 9.77. The van der Waals surface area contributed by atoms with Gasteiger partial charge in [-0.1, -0.05) is 44.1 Å². The van der Waals surface area contributed by atoms with Gasteiger partial charge in [-0.3, -0.25) is 4.79 Å². The summed E-state index contributed by atoms with van der Waals surface area (Å²) in [6.07, 6.45) is 22.3. The lowest BCUT2D eigenvalue weighted by Gasteiger charge is -1.95. The predicted molar refractivity (Wildman–Crippen MR) is 87.0 cm³/mol. The van der Waals surface area contributed by atoms with Crippen molar-refractivity contribution < 1.29 is 9.90 Å². The summed E-state index contributed by atoms with van der Waals surface area (Å²) in [5.74, 6) is -0.684. The van der Waals surface area contributed by atoms with Gasteiger partial charge in [-0.05, 0) is 57.8 Å². The number of allylic oxidation sites excluding steroid dienone is 4. The summed E-state index contributed by atoms with van der Waals surface area (Å²) in [4.78, 5) is 10.3. The van der Waals surface area contributed by atoms with Crippen LogP contribution in [0.4, 0.5) is 0 Å². The Balaban J connectivity index is 3.17. The van der Waals surface area contributed by atoms with Gasteiger partial charge in [0.2, 0.25) is 0 Å². The first-order valence-electron chi connectivity index (χ1n) is 8.29. The second kappa shape index (κ2) is 16.0. The molecular formula is C18H32O2. The predicted octanol–water partition coefficient (Wildman–Crippen LogP) is 5.88. The van der Waals surface area contributed by atoms with Crippen molar-refractivity contribution in [2.45, 2.75) is 84.0 Å². The lowest BCUT2D eigenvalue weighted by atomic mass is 10.1. The molecule has 0 spiro atoms. The van der Waals surface area contributed by atoms with Crippen LogP contribution in [-0.2, 0) is 4.79 Å².